The number of rotatable bonds is 9. The molecule has 5 rings (SSSR count). The molecule has 1 atom stereocenters. The molecule has 0 spiro atoms. The van der Waals surface area contributed by atoms with Crippen LogP contribution in [0.2, 0.25) is 0 Å². The molecule has 0 aliphatic heterocycles. The van der Waals surface area contributed by atoms with E-state index in [-0.39, 0.29) is 24.4 Å². The predicted molar refractivity (Wildman–Crippen MR) is 152 cm³/mol. The number of aliphatic hydroxyl groups excluding tert-OH is 1. The zero-order valence-electron chi connectivity index (χ0n) is 23.4. The normalized spacial score (nSPS) is 18.5. The molecule has 41 heavy (non-hydrogen) atoms. The number of carbonyl (C=O) groups is 1. The summed E-state index contributed by atoms with van der Waals surface area (Å²) < 4.78 is 20.5. The molecule has 1 aromatic carbocycles. The van der Waals surface area contributed by atoms with Crippen molar-refractivity contribution in [2.24, 2.45) is 0 Å². The Hall–Kier alpha value is -3.74. The molecule has 12 heteroatoms. The van der Waals surface area contributed by atoms with E-state index >= 15 is 0 Å². The number of ether oxygens (including phenoxy) is 2. The third-order valence-corrected chi connectivity index (χ3v) is 9.10. The van der Waals surface area contributed by atoms with Crippen LogP contribution in [0.1, 0.15) is 56.8 Å². The Bertz CT molecular complexity index is 1680. The van der Waals surface area contributed by atoms with Gasteiger partial charge in [0.25, 0.3) is 5.56 Å². The van der Waals surface area contributed by atoms with E-state index in [0.717, 1.165) is 10.1 Å². The van der Waals surface area contributed by atoms with Crippen LogP contribution in [0, 0.1) is 12.3 Å². The van der Waals surface area contributed by atoms with Gasteiger partial charge in [0.1, 0.15) is 28.5 Å². The SMILES string of the molecule is COc1ccccc1[C@H](Cn1c(=N)n(C(C)(C)C(=O)O)c(=O)c2c(C)c(-c3ncco3)sc21)O[C@H]1CC[C@@H](O)CC1. The van der Waals surface area contributed by atoms with Crippen LogP contribution in [0.4, 0.5) is 0 Å². The molecule has 1 aliphatic rings. The van der Waals surface area contributed by atoms with Crippen molar-refractivity contribution in [1.82, 2.24) is 14.1 Å². The quantitative estimate of drug-likeness (QED) is 0.266. The number of aromatic nitrogens is 3. The van der Waals surface area contributed by atoms with Gasteiger partial charge in [0, 0.05) is 5.56 Å². The molecule has 11 nitrogen and oxygen atoms in total. The smallest absolute Gasteiger partial charge is 0.329 e. The molecule has 0 amide bonds. The summed E-state index contributed by atoms with van der Waals surface area (Å²) in [7, 11) is 1.58. The second kappa shape index (κ2) is 11.3. The first kappa shape index (κ1) is 28.8. The summed E-state index contributed by atoms with van der Waals surface area (Å²) in [5.74, 6) is -0.291. The average molecular weight is 583 g/mol. The highest BCUT2D eigenvalue weighted by atomic mass is 32.1. The first-order valence-corrected chi connectivity index (χ1v) is 14.3. The number of hydrogen-bond acceptors (Lipinski definition) is 9. The number of carboxylic acid groups (broad SMARTS) is 1. The summed E-state index contributed by atoms with van der Waals surface area (Å²) >= 11 is 1.26. The summed E-state index contributed by atoms with van der Waals surface area (Å²) in [6.07, 6.45) is 4.50. The molecule has 0 unspecified atom stereocenters. The van der Waals surface area contributed by atoms with Crippen LogP contribution in [0.5, 0.6) is 5.75 Å². The molecule has 1 aliphatic carbocycles. The van der Waals surface area contributed by atoms with Gasteiger partial charge in [0.15, 0.2) is 0 Å². The Labute approximate surface area is 240 Å². The third kappa shape index (κ3) is 5.22. The monoisotopic (exact) mass is 582 g/mol. The molecule has 1 fully saturated rings. The van der Waals surface area contributed by atoms with E-state index in [1.54, 1.807) is 18.6 Å². The van der Waals surface area contributed by atoms with E-state index in [4.69, 9.17) is 13.9 Å². The number of nitrogens with zero attached hydrogens (tertiary/aromatic N) is 3. The first-order chi connectivity index (χ1) is 19.5. The number of aliphatic hydroxyl groups is 1. The van der Waals surface area contributed by atoms with Crippen LogP contribution < -0.4 is 15.9 Å². The van der Waals surface area contributed by atoms with Gasteiger partial charge in [-0.2, -0.15) is 0 Å². The van der Waals surface area contributed by atoms with Crippen molar-refractivity contribution in [2.75, 3.05) is 7.11 Å². The topological polar surface area (TPSA) is 153 Å². The van der Waals surface area contributed by atoms with Crippen molar-refractivity contribution in [2.45, 2.75) is 76.9 Å². The van der Waals surface area contributed by atoms with Crippen LogP contribution in [0.15, 0.2) is 45.9 Å². The van der Waals surface area contributed by atoms with Crippen LogP contribution in [-0.2, 0) is 21.6 Å². The largest absolute Gasteiger partial charge is 0.496 e. The van der Waals surface area contributed by atoms with Crippen LogP contribution >= 0.6 is 11.3 Å². The fourth-order valence-electron chi connectivity index (χ4n) is 5.41. The summed E-state index contributed by atoms with van der Waals surface area (Å²) in [4.78, 5) is 31.6. The number of thiophene rings is 1. The lowest BCUT2D eigenvalue weighted by Gasteiger charge is -2.31. The molecule has 3 N–H and O–H groups in total. The molecule has 218 valence electrons. The summed E-state index contributed by atoms with van der Waals surface area (Å²) in [5, 5.41) is 29.6. The molecule has 0 bridgehead atoms. The number of oxazole rings is 1. The first-order valence-electron chi connectivity index (χ1n) is 13.5. The molecule has 4 aromatic rings. The Morgan fingerprint density at radius 1 is 1.27 bits per heavy atom. The van der Waals surface area contributed by atoms with Crippen molar-refractivity contribution >= 4 is 27.5 Å². The number of carboxylic acids is 1. The zero-order chi connectivity index (χ0) is 29.5. The van der Waals surface area contributed by atoms with Gasteiger partial charge in [-0.05, 0) is 58.1 Å². The van der Waals surface area contributed by atoms with E-state index in [1.807, 2.05) is 24.3 Å². The van der Waals surface area contributed by atoms with Crippen molar-refractivity contribution in [3.05, 3.63) is 63.8 Å². The number of para-hydroxylation sites is 1. The molecule has 0 radical (unpaired) electrons. The fraction of sp³-hybridized carbons (Fsp3) is 0.448. The lowest BCUT2D eigenvalue weighted by atomic mass is 9.94. The van der Waals surface area contributed by atoms with Gasteiger partial charge >= 0.3 is 5.97 Å². The van der Waals surface area contributed by atoms with E-state index < -0.39 is 23.2 Å². The summed E-state index contributed by atoms with van der Waals surface area (Å²) in [6.45, 7) is 4.69. The second-order valence-corrected chi connectivity index (χ2v) is 11.8. The van der Waals surface area contributed by atoms with Gasteiger partial charge in [-0.15, -0.1) is 11.3 Å². The lowest BCUT2D eigenvalue weighted by Crippen LogP contribution is -2.52. The van der Waals surface area contributed by atoms with Crippen LogP contribution in [0.25, 0.3) is 21.0 Å². The second-order valence-electron chi connectivity index (χ2n) is 10.8. The van der Waals surface area contributed by atoms with Crippen LogP contribution in [-0.4, -0.2) is 49.6 Å². The standard InChI is InChI=1S/C29H34N4O7S/c1-16-22-25(35)33(29(2,3)27(36)37)28(30)32(26(22)41-23(16)24-31-13-14-39-24)15-21(19-7-5-6-8-20(19)38-4)40-18-11-9-17(34)10-12-18/h5-8,13-14,17-18,21,30,34H,9-12,15H2,1-4H3,(H,36,37)/t17-,18+,21-/m0/s1. The highest BCUT2D eigenvalue weighted by Crippen LogP contribution is 2.38. The van der Waals surface area contributed by atoms with E-state index in [1.165, 1.54) is 37.6 Å². The van der Waals surface area contributed by atoms with Gasteiger partial charge in [-0.1, -0.05) is 18.2 Å². The van der Waals surface area contributed by atoms with E-state index in [0.29, 0.717) is 58.0 Å². The number of aryl methyl sites for hydroxylation is 1. The van der Waals surface area contributed by atoms with Crippen molar-refractivity contribution in [1.29, 1.82) is 5.41 Å². The Kier molecular flexibility index (Phi) is 7.91. The molecular weight excluding hydrogens is 548 g/mol. The maximum absolute atomic E-state index is 13.9. The highest BCUT2D eigenvalue weighted by Gasteiger charge is 2.35. The van der Waals surface area contributed by atoms with Gasteiger partial charge < -0.3 is 28.7 Å². The number of nitrogens with one attached hydrogen (secondary N) is 1. The lowest BCUT2D eigenvalue weighted by molar-refractivity contribution is -0.146. The Morgan fingerprint density at radius 3 is 2.61 bits per heavy atom. The van der Waals surface area contributed by atoms with Crippen LogP contribution in [0.3, 0.4) is 0 Å². The van der Waals surface area contributed by atoms with Gasteiger partial charge in [0.05, 0.1) is 42.3 Å². The minimum atomic E-state index is -1.71. The Balaban J connectivity index is 1.74. The number of aliphatic carboxylic acids is 1. The Morgan fingerprint density at radius 2 is 1.98 bits per heavy atom. The maximum Gasteiger partial charge on any atom is 0.329 e. The van der Waals surface area contributed by atoms with Crippen molar-refractivity contribution < 1.29 is 28.9 Å². The minimum Gasteiger partial charge on any atom is -0.496 e. The predicted octanol–water partition coefficient (Wildman–Crippen LogP) is 4.20. The summed E-state index contributed by atoms with van der Waals surface area (Å²) in [6, 6.07) is 7.48. The minimum absolute atomic E-state index is 0.107. The van der Waals surface area contributed by atoms with Gasteiger partial charge in [-0.3, -0.25) is 14.8 Å². The molecule has 3 heterocycles. The van der Waals surface area contributed by atoms with E-state index in [9.17, 15) is 25.2 Å². The van der Waals surface area contributed by atoms with Gasteiger partial charge in [-0.25, -0.2) is 9.78 Å². The number of methoxy groups -OCH3 is 1. The van der Waals surface area contributed by atoms with E-state index in [2.05, 4.69) is 4.98 Å². The number of fused-ring (bicyclic) bond motifs is 1. The molecule has 0 saturated heterocycles. The summed E-state index contributed by atoms with van der Waals surface area (Å²) in [5.41, 5.74) is -1.19. The zero-order valence-corrected chi connectivity index (χ0v) is 24.2. The molecule has 3 aromatic heterocycles. The fourth-order valence-corrected chi connectivity index (χ4v) is 6.67. The molecular formula is C29H34N4O7S. The van der Waals surface area contributed by atoms with Crippen molar-refractivity contribution in [3.8, 4) is 16.5 Å². The van der Waals surface area contributed by atoms with Gasteiger partial charge in [0.2, 0.25) is 11.5 Å². The number of hydrogen-bond donors (Lipinski definition) is 3. The molecule has 1 saturated carbocycles. The third-order valence-electron chi connectivity index (χ3n) is 7.80. The highest BCUT2D eigenvalue weighted by molar-refractivity contribution is 7.22. The van der Waals surface area contributed by atoms with Crippen molar-refractivity contribution in [3.63, 3.8) is 0 Å². The average Bonchev–Trinajstić information content (AvgIpc) is 3.59. The maximum atomic E-state index is 13.9. The number of benzene rings is 1.